The molecule has 0 aromatic rings. The first-order chi connectivity index (χ1) is 11.7. The van der Waals surface area contributed by atoms with E-state index in [1.807, 2.05) is 13.0 Å². The summed E-state index contributed by atoms with van der Waals surface area (Å²) >= 11 is 0. The van der Waals surface area contributed by atoms with Crippen molar-refractivity contribution in [1.29, 1.82) is 0 Å². The molecule has 0 amide bonds. The maximum Gasteiger partial charge on any atom is 0.157 e. The van der Waals surface area contributed by atoms with Gasteiger partial charge < -0.3 is 5.11 Å². The van der Waals surface area contributed by atoms with E-state index in [0.717, 1.165) is 12.8 Å². The van der Waals surface area contributed by atoms with Crippen LogP contribution in [0.5, 0.6) is 0 Å². The fraction of sp³-hybridized carbons (Fsp3) is 0.773. The molecule has 0 aliphatic carbocycles. The molecule has 1 atom stereocenters. The number of carbonyl (C=O) groups is 1. The van der Waals surface area contributed by atoms with E-state index in [2.05, 4.69) is 19.1 Å². The van der Waals surface area contributed by atoms with Crippen LogP contribution in [0.2, 0.25) is 0 Å². The van der Waals surface area contributed by atoms with E-state index < -0.39 is 6.10 Å². The second kappa shape index (κ2) is 18.4. The topological polar surface area (TPSA) is 37.3 Å². The van der Waals surface area contributed by atoms with Crippen LogP contribution in [0.15, 0.2) is 24.3 Å². The third-order valence-electron chi connectivity index (χ3n) is 4.34. The van der Waals surface area contributed by atoms with Gasteiger partial charge in [-0.1, -0.05) is 70.6 Å². The summed E-state index contributed by atoms with van der Waals surface area (Å²) in [6.45, 7) is 4.15. The van der Waals surface area contributed by atoms with Gasteiger partial charge in [-0.05, 0) is 51.0 Å². The van der Waals surface area contributed by atoms with E-state index in [9.17, 15) is 9.90 Å². The molecule has 0 aromatic carbocycles. The van der Waals surface area contributed by atoms with Crippen molar-refractivity contribution in [2.45, 2.75) is 110 Å². The summed E-state index contributed by atoms with van der Waals surface area (Å²) in [4.78, 5) is 11.5. The Morgan fingerprint density at radius 1 is 0.792 bits per heavy atom. The molecule has 1 N–H and O–H groups in total. The predicted octanol–water partition coefficient (Wildman–Crippen LogP) is 6.53. The van der Waals surface area contributed by atoms with Crippen LogP contribution < -0.4 is 0 Å². The van der Waals surface area contributed by atoms with Gasteiger partial charge in [0.2, 0.25) is 0 Å². The quantitative estimate of drug-likeness (QED) is 0.186. The zero-order chi connectivity index (χ0) is 17.9. The lowest BCUT2D eigenvalue weighted by Crippen LogP contribution is -2.09. The molecule has 0 rings (SSSR count). The molecule has 2 heteroatoms. The monoisotopic (exact) mass is 336 g/mol. The van der Waals surface area contributed by atoms with Crippen LogP contribution in [0.4, 0.5) is 0 Å². The fourth-order valence-corrected chi connectivity index (χ4v) is 2.64. The third kappa shape index (κ3) is 17.5. The number of aliphatic hydroxyl groups excluding tert-OH is 1. The van der Waals surface area contributed by atoms with E-state index in [1.54, 1.807) is 6.08 Å². The Kier molecular flexibility index (Phi) is 17.8. The minimum Gasteiger partial charge on any atom is -0.393 e. The number of carbonyl (C=O) groups excluding carboxylic acids is 1. The first kappa shape index (κ1) is 23.1. The van der Waals surface area contributed by atoms with Crippen molar-refractivity contribution in [2.75, 3.05) is 0 Å². The SMILES string of the molecule is CCCCCCCC/C=C/CCCCC/C=C/C(=O)CC(O)CC. The molecule has 1 unspecified atom stereocenters. The summed E-state index contributed by atoms with van der Waals surface area (Å²) in [7, 11) is 0. The van der Waals surface area contributed by atoms with Crippen LogP contribution in [0.1, 0.15) is 104 Å². The molecule has 0 saturated heterocycles. The molecular formula is C22H40O2. The first-order valence-corrected chi connectivity index (χ1v) is 10.2. The lowest BCUT2D eigenvalue weighted by atomic mass is 10.1. The molecule has 0 bridgehead atoms. The summed E-state index contributed by atoms with van der Waals surface area (Å²) in [5.41, 5.74) is 0. The number of rotatable bonds is 17. The van der Waals surface area contributed by atoms with E-state index in [0.29, 0.717) is 6.42 Å². The molecule has 0 aliphatic heterocycles. The van der Waals surface area contributed by atoms with Crippen molar-refractivity contribution >= 4 is 5.78 Å². The number of hydrogen-bond donors (Lipinski definition) is 1. The Labute approximate surface area is 150 Å². The van der Waals surface area contributed by atoms with Crippen molar-refractivity contribution in [2.24, 2.45) is 0 Å². The standard InChI is InChI=1S/C22H40O2/c1-3-5-6-7-8-9-10-11-12-13-14-15-16-17-18-19-22(24)20-21(23)4-2/h11-12,18-19,21,23H,3-10,13-17,20H2,1-2H3/b12-11+,19-18+. The summed E-state index contributed by atoms with van der Waals surface area (Å²) in [6, 6.07) is 0. The summed E-state index contributed by atoms with van der Waals surface area (Å²) in [6.07, 6.45) is 23.9. The van der Waals surface area contributed by atoms with Crippen LogP contribution in [-0.4, -0.2) is 17.0 Å². The Morgan fingerprint density at radius 2 is 1.29 bits per heavy atom. The van der Waals surface area contributed by atoms with Gasteiger partial charge in [0.1, 0.15) is 0 Å². The molecule has 0 aromatic heterocycles. The van der Waals surface area contributed by atoms with Gasteiger partial charge in [0.15, 0.2) is 5.78 Å². The normalized spacial score (nSPS) is 13.1. The zero-order valence-electron chi connectivity index (χ0n) is 16.1. The van der Waals surface area contributed by atoms with Gasteiger partial charge in [0.25, 0.3) is 0 Å². The number of ketones is 1. The number of unbranched alkanes of at least 4 members (excludes halogenated alkanes) is 10. The van der Waals surface area contributed by atoms with Gasteiger partial charge in [-0.25, -0.2) is 0 Å². The van der Waals surface area contributed by atoms with Crippen LogP contribution in [0.3, 0.4) is 0 Å². The van der Waals surface area contributed by atoms with Gasteiger partial charge in [-0.3, -0.25) is 4.79 Å². The van der Waals surface area contributed by atoms with Crippen molar-refractivity contribution < 1.29 is 9.90 Å². The van der Waals surface area contributed by atoms with E-state index in [1.165, 1.54) is 64.2 Å². The highest BCUT2D eigenvalue weighted by atomic mass is 16.3. The van der Waals surface area contributed by atoms with Crippen LogP contribution in [-0.2, 0) is 4.79 Å². The minimum absolute atomic E-state index is 0.0435. The molecular weight excluding hydrogens is 296 g/mol. The van der Waals surface area contributed by atoms with Gasteiger partial charge in [0, 0.05) is 6.42 Å². The van der Waals surface area contributed by atoms with Crippen LogP contribution in [0, 0.1) is 0 Å². The first-order valence-electron chi connectivity index (χ1n) is 10.2. The summed E-state index contributed by atoms with van der Waals surface area (Å²) in [5, 5.41) is 9.39. The molecule has 0 fully saturated rings. The van der Waals surface area contributed by atoms with Crippen LogP contribution in [0.25, 0.3) is 0 Å². The fourth-order valence-electron chi connectivity index (χ4n) is 2.64. The maximum atomic E-state index is 11.5. The van der Waals surface area contributed by atoms with E-state index in [4.69, 9.17) is 0 Å². The van der Waals surface area contributed by atoms with Crippen molar-refractivity contribution in [1.82, 2.24) is 0 Å². The van der Waals surface area contributed by atoms with Gasteiger partial charge in [0.05, 0.1) is 6.10 Å². The Hall–Kier alpha value is -0.890. The maximum absolute atomic E-state index is 11.5. The molecule has 0 saturated carbocycles. The zero-order valence-corrected chi connectivity index (χ0v) is 16.1. The van der Waals surface area contributed by atoms with E-state index >= 15 is 0 Å². The molecule has 140 valence electrons. The van der Waals surface area contributed by atoms with Crippen LogP contribution >= 0.6 is 0 Å². The molecule has 0 spiro atoms. The highest BCUT2D eigenvalue weighted by Crippen LogP contribution is 2.09. The van der Waals surface area contributed by atoms with E-state index in [-0.39, 0.29) is 12.2 Å². The molecule has 24 heavy (non-hydrogen) atoms. The lowest BCUT2D eigenvalue weighted by molar-refractivity contribution is -0.116. The molecule has 0 heterocycles. The van der Waals surface area contributed by atoms with Gasteiger partial charge in [-0.15, -0.1) is 0 Å². The average Bonchev–Trinajstić information content (AvgIpc) is 2.58. The number of aliphatic hydroxyl groups is 1. The molecule has 2 nitrogen and oxygen atoms in total. The van der Waals surface area contributed by atoms with Crippen molar-refractivity contribution in [3.05, 3.63) is 24.3 Å². The van der Waals surface area contributed by atoms with Gasteiger partial charge in [-0.2, -0.15) is 0 Å². The highest BCUT2D eigenvalue weighted by molar-refractivity contribution is 5.89. The Morgan fingerprint density at radius 3 is 1.88 bits per heavy atom. The third-order valence-corrected chi connectivity index (χ3v) is 4.34. The number of hydrogen-bond acceptors (Lipinski definition) is 2. The predicted molar refractivity (Wildman–Crippen MR) is 105 cm³/mol. The lowest BCUT2D eigenvalue weighted by Gasteiger charge is -2.02. The van der Waals surface area contributed by atoms with Crippen molar-refractivity contribution in [3.8, 4) is 0 Å². The largest absolute Gasteiger partial charge is 0.393 e. The summed E-state index contributed by atoms with van der Waals surface area (Å²) in [5.74, 6) is 0.0435. The second-order valence-corrected chi connectivity index (χ2v) is 6.80. The van der Waals surface area contributed by atoms with Crippen molar-refractivity contribution in [3.63, 3.8) is 0 Å². The average molecular weight is 337 g/mol. The second-order valence-electron chi connectivity index (χ2n) is 6.80. The van der Waals surface area contributed by atoms with Gasteiger partial charge >= 0.3 is 0 Å². The molecule has 0 aliphatic rings. The Bertz CT molecular complexity index is 331. The molecule has 0 radical (unpaired) electrons. The summed E-state index contributed by atoms with van der Waals surface area (Å²) < 4.78 is 0. The minimum atomic E-state index is -0.481. The number of allylic oxidation sites excluding steroid dienone is 4. The Balaban J connectivity index is 3.32. The highest BCUT2D eigenvalue weighted by Gasteiger charge is 2.04. The smallest absolute Gasteiger partial charge is 0.157 e.